The molecule has 4 unspecified atom stereocenters. The highest BCUT2D eigenvalue weighted by molar-refractivity contribution is 5.33. The number of aliphatic hydroxyl groups is 3. The maximum absolute atomic E-state index is 12.2. The summed E-state index contributed by atoms with van der Waals surface area (Å²) in [7, 11) is 5.75. The van der Waals surface area contributed by atoms with Crippen LogP contribution in [0.5, 0.6) is 0 Å². The molecular weight excluding hydrogens is 358 g/mol. The number of methoxy groups -OCH3 is 2. The van der Waals surface area contributed by atoms with Crippen LogP contribution in [0.3, 0.4) is 0 Å². The summed E-state index contributed by atoms with van der Waals surface area (Å²) in [6.07, 6.45) is 4.00. The predicted octanol–water partition coefficient (Wildman–Crippen LogP) is 0.487. The fraction of sp³-hybridized carbons (Fsp3) is 1.00. The van der Waals surface area contributed by atoms with Gasteiger partial charge in [0.25, 0.3) is 0 Å². The number of nitrogens with zero attached hydrogens (tertiary/aromatic N) is 1. The van der Waals surface area contributed by atoms with Gasteiger partial charge in [-0.05, 0) is 44.6 Å². The highest BCUT2D eigenvalue weighted by atomic mass is 16.5. The summed E-state index contributed by atoms with van der Waals surface area (Å²) in [6.45, 7) is 1.11. The zero-order valence-electron chi connectivity index (χ0n) is 17.3. The third kappa shape index (κ3) is 1.69. The smallest absolute Gasteiger partial charge is 0.0771 e. The minimum Gasteiger partial charge on any atom is -0.396 e. The van der Waals surface area contributed by atoms with E-state index in [-0.39, 0.29) is 59.4 Å². The van der Waals surface area contributed by atoms with Gasteiger partial charge in [0.05, 0.1) is 30.5 Å². The largest absolute Gasteiger partial charge is 0.396 e. The third-order valence-electron chi connectivity index (χ3n) is 10.8. The lowest BCUT2D eigenvalue weighted by atomic mass is 9.43. The second-order valence-corrected chi connectivity index (χ2v) is 11.0. The second-order valence-electron chi connectivity index (χ2n) is 11.0. The first-order valence-electron chi connectivity index (χ1n) is 11.2. The Hall–Kier alpha value is -0.240. The molecule has 6 fully saturated rings. The standard InChI is InChI=1S/C22H35NO5/c1-23-9-20(10-24)5-4-16(28-3)22-12-6-11-14(27-2)8-21(26,17(12)18(11)25)13(19(22)23)7-15(20)22/h11-19,24-26H,4-10H2,1-3H3/t11-,12?,13?,14+,15?,16+,17?,18+,19-,20+,21+,22-/m1/s1. The minimum atomic E-state index is -0.886. The van der Waals surface area contributed by atoms with Crippen molar-refractivity contribution in [1.82, 2.24) is 4.90 Å². The number of fused-ring (bicyclic) bond motifs is 2. The topological polar surface area (TPSA) is 82.4 Å². The van der Waals surface area contributed by atoms with Crippen LogP contribution in [0.15, 0.2) is 0 Å². The van der Waals surface area contributed by atoms with Crippen LogP contribution >= 0.6 is 0 Å². The number of piperidine rings is 1. The van der Waals surface area contributed by atoms with Crippen molar-refractivity contribution in [3.63, 3.8) is 0 Å². The molecule has 6 rings (SSSR count). The number of aliphatic hydroxyl groups excluding tert-OH is 2. The molecule has 12 atom stereocenters. The molecule has 6 heteroatoms. The summed E-state index contributed by atoms with van der Waals surface area (Å²) >= 11 is 0. The molecule has 0 radical (unpaired) electrons. The van der Waals surface area contributed by atoms with E-state index >= 15 is 0 Å². The quantitative estimate of drug-likeness (QED) is 0.647. The van der Waals surface area contributed by atoms with Crippen molar-refractivity contribution in [2.75, 3.05) is 34.4 Å². The van der Waals surface area contributed by atoms with Gasteiger partial charge in [-0.3, -0.25) is 0 Å². The summed E-state index contributed by atoms with van der Waals surface area (Å²) in [6, 6.07) is 0.259. The van der Waals surface area contributed by atoms with Crippen LogP contribution in [0.4, 0.5) is 0 Å². The van der Waals surface area contributed by atoms with Crippen LogP contribution in [0.1, 0.15) is 32.1 Å². The van der Waals surface area contributed by atoms with Gasteiger partial charge >= 0.3 is 0 Å². The van der Waals surface area contributed by atoms with Crippen molar-refractivity contribution < 1.29 is 24.8 Å². The van der Waals surface area contributed by atoms with Gasteiger partial charge in [0.1, 0.15) is 0 Å². The van der Waals surface area contributed by atoms with Crippen LogP contribution in [0.25, 0.3) is 0 Å². The molecule has 6 nitrogen and oxygen atoms in total. The Bertz CT molecular complexity index is 690. The first-order valence-corrected chi connectivity index (χ1v) is 11.2. The Morgan fingerprint density at radius 1 is 1.14 bits per heavy atom. The fourth-order valence-electron chi connectivity index (χ4n) is 10.3. The molecule has 7 bridgehead atoms. The lowest BCUT2D eigenvalue weighted by Gasteiger charge is -2.69. The van der Waals surface area contributed by atoms with Crippen LogP contribution in [0, 0.1) is 40.4 Å². The number of hydrogen-bond acceptors (Lipinski definition) is 6. The highest BCUT2D eigenvalue weighted by Crippen LogP contribution is 2.78. The summed E-state index contributed by atoms with van der Waals surface area (Å²) in [4.78, 5) is 2.45. The minimum absolute atomic E-state index is 0.0747. The van der Waals surface area contributed by atoms with Crippen molar-refractivity contribution >= 4 is 0 Å². The first kappa shape index (κ1) is 18.5. The van der Waals surface area contributed by atoms with Crippen LogP contribution < -0.4 is 0 Å². The average molecular weight is 394 g/mol. The molecule has 28 heavy (non-hydrogen) atoms. The average Bonchev–Trinajstić information content (AvgIpc) is 3.11. The van der Waals surface area contributed by atoms with Crippen LogP contribution in [-0.2, 0) is 9.47 Å². The van der Waals surface area contributed by atoms with Gasteiger partial charge in [0.2, 0.25) is 0 Å². The summed E-state index contributed by atoms with van der Waals surface area (Å²) in [5.41, 5.74) is -1.07. The van der Waals surface area contributed by atoms with E-state index in [0.717, 1.165) is 32.2 Å². The molecule has 0 aromatic heterocycles. The molecule has 1 heterocycles. The van der Waals surface area contributed by atoms with E-state index in [1.165, 1.54) is 0 Å². The molecule has 0 amide bonds. The summed E-state index contributed by atoms with van der Waals surface area (Å²) in [5, 5.41) is 34.1. The Morgan fingerprint density at radius 3 is 2.61 bits per heavy atom. The number of likely N-dealkylation sites (tertiary alicyclic amines) is 1. The molecule has 5 aliphatic carbocycles. The molecule has 1 aliphatic heterocycles. The maximum Gasteiger partial charge on any atom is 0.0771 e. The molecule has 5 saturated carbocycles. The van der Waals surface area contributed by atoms with Gasteiger partial charge < -0.3 is 29.7 Å². The molecule has 3 N–H and O–H groups in total. The van der Waals surface area contributed by atoms with Gasteiger partial charge in [0.15, 0.2) is 0 Å². The molecule has 6 aliphatic rings. The zero-order chi connectivity index (χ0) is 19.6. The van der Waals surface area contributed by atoms with Crippen LogP contribution in [0.2, 0.25) is 0 Å². The number of hydrogen-bond donors (Lipinski definition) is 3. The monoisotopic (exact) mass is 393 g/mol. The van der Waals surface area contributed by atoms with Gasteiger partial charge in [-0.15, -0.1) is 0 Å². The first-order chi connectivity index (χ1) is 13.4. The van der Waals surface area contributed by atoms with Crippen molar-refractivity contribution in [2.24, 2.45) is 40.4 Å². The van der Waals surface area contributed by atoms with Gasteiger partial charge in [-0.25, -0.2) is 0 Å². The SMILES string of the molecule is CO[C@H]1C[C@@]2(O)C3C(C[C@H]1[C@@H]3O)[C@]13C4CC2[C@H]1N(C)C[C@]4(CO)CC[C@@H]3OC. The fourth-order valence-corrected chi connectivity index (χ4v) is 10.3. The van der Waals surface area contributed by atoms with E-state index in [1.54, 1.807) is 7.11 Å². The van der Waals surface area contributed by atoms with Gasteiger partial charge in [0, 0.05) is 61.8 Å². The third-order valence-corrected chi connectivity index (χ3v) is 10.8. The number of ether oxygens (including phenoxy) is 2. The molecule has 0 aromatic carbocycles. The highest BCUT2D eigenvalue weighted by Gasteiger charge is 2.83. The Labute approximate surface area is 167 Å². The Balaban J connectivity index is 1.59. The Morgan fingerprint density at radius 2 is 1.93 bits per heavy atom. The molecule has 1 spiro atoms. The van der Waals surface area contributed by atoms with Crippen molar-refractivity contribution in [3.05, 3.63) is 0 Å². The van der Waals surface area contributed by atoms with E-state index in [9.17, 15) is 15.3 Å². The molecule has 158 valence electrons. The summed E-state index contributed by atoms with van der Waals surface area (Å²) in [5.74, 6) is 0.711. The zero-order valence-corrected chi connectivity index (χ0v) is 17.3. The molecular formula is C22H35NO5. The van der Waals surface area contributed by atoms with Crippen molar-refractivity contribution in [2.45, 2.75) is 62.1 Å². The maximum atomic E-state index is 12.2. The molecule has 0 aromatic rings. The summed E-state index contributed by atoms with van der Waals surface area (Å²) < 4.78 is 12.0. The molecule has 1 saturated heterocycles. The second kappa shape index (κ2) is 5.51. The van der Waals surface area contributed by atoms with Gasteiger partial charge in [-0.2, -0.15) is 0 Å². The van der Waals surface area contributed by atoms with E-state index < -0.39 is 11.7 Å². The predicted molar refractivity (Wildman–Crippen MR) is 101 cm³/mol. The number of rotatable bonds is 3. The van der Waals surface area contributed by atoms with E-state index in [1.807, 2.05) is 7.11 Å². The van der Waals surface area contributed by atoms with Crippen molar-refractivity contribution in [3.8, 4) is 0 Å². The van der Waals surface area contributed by atoms with E-state index in [4.69, 9.17) is 9.47 Å². The van der Waals surface area contributed by atoms with Crippen molar-refractivity contribution in [1.29, 1.82) is 0 Å². The van der Waals surface area contributed by atoms with Crippen LogP contribution in [-0.4, -0.2) is 84.6 Å². The van der Waals surface area contributed by atoms with E-state index in [0.29, 0.717) is 12.3 Å². The van der Waals surface area contributed by atoms with Gasteiger partial charge in [-0.1, -0.05) is 0 Å². The lowest BCUT2D eigenvalue weighted by molar-refractivity contribution is -0.272. The van der Waals surface area contributed by atoms with E-state index in [2.05, 4.69) is 11.9 Å². The lowest BCUT2D eigenvalue weighted by Crippen LogP contribution is -2.76. The Kier molecular flexibility index (Phi) is 3.65. The normalized spacial score (nSPS) is 64.3.